The minimum Gasteiger partial charge on any atom is -0.858 e. The van der Waals surface area contributed by atoms with E-state index < -0.39 is 15.9 Å². The topological polar surface area (TPSA) is 69.6 Å². The smallest absolute Gasteiger partial charge is 0.858 e. The van der Waals surface area contributed by atoms with Crippen molar-refractivity contribution in [2.24, 2.45) is 4.40 Å². The average molecular weight is 437 g/mol. The summed E-state index contributed by atoms with van der Waals surface area (Å²) in [7, 11) is -4.06. The molecule has 2 aromatic rings. The predicted octanol–water partition coefficient (Wildman–Crippen LogP) is 0.523. The van der Waals surface area contributed by atoms with Gasteiger partial charge in [-0.2, -0.15) is 12.8 Å². The molecule has 120 valence electrons. The van der Waals surface area contributed by atoms with Gasteiger partial charge < -0.3 is 5.11 Å². The Kier molecular flexibility index (Phi) is 8.19. The average Bonchev–Trinajstić information content (AvgIpc) is 2.45. The van der Waals surface area contributed by atoms with Gasteiger partial charge in [-0.25, -0.2) is 0 Å². The van der Waals surface area contributed by atoms with Crippen LogP contribution in [0.5, 0.6) is 0 Å². The first-order valence-corrected chi connectivity index (χ1v) is 9.17. The van der Waals surface area contributed by atoms with Crippen molar-refractivity contribution in [2.75, 3.05) is 0 Å². The Labute approximate surface area is 176 Å². The van der Waals surface area contributed by atoms with Crippen molar-refractivity contribution < 1.29 is 43.1 Å². The Hall–Kier alpha value is -0.630. The largest absolute Gasteiger partial charge is 1.00 e. The quantitative estimate of drug-likeness (QED) is 0.399. The summed E-state index contributed by atoms with van der Waals surface area (Å²) in [5.41, 5.74) is 1.65. The SMILES string of the molecule is Cc1ccc(/C([O-])=N/S(=O)(=O)/C=C/c2ccccc2Cl)c(Br)c1.[Na+]. The van der Waals surface area contributed by atoms with Crippen molar-refractivity contribution in [2.45, 2.75) is 6.92 Å². The van der Waals surface area contributed by atoms with Crippen LogP contribution in [-0.4, -0.2) is 14.3 Å². The van der Waals surface area contributed by atoms with Crippen LogP contribution in [0.2, 0.25) is 5.02 Å². The molecule has 2 rings (SSSR count). The number of hydrogen-bond donors (Lipinski definition) is 0. The fourth-order valence-corrected chi connectivity index (χ4v) is 3.33. The van der Waals surface area contributed by atoms with Gasteiger partial charge in [-0.1, -0.05) is 57.9 Å². The molecule has 0 amide bonds. The monoisotopic (exact) mass is 435 g/mol. The number of aryl methyl sites for hydroxylation is 1. The molecule has 0 N–H and O–H groups in total. The number of halogens is 2. The molecule has 4 nitrogen and oxygen atoms in total. The molecule has 0 aliphatic heterocycles. The van der Waals surface area contributed by atoms with E-state index in [1.165, 1.54) is 12.1 Å². The van der Waals surface area contributed by atoms with Crippen LogP contribution in [-0.2, 0) is 10.0 Å². The third kappa shape index (κ3) is 6.02. The van der Waals surface area contributed by atoms with E-state index in [-0.39, 0.29) is 35.1 Å². The van der Waals surface area contributed by atoms with E-state index in [4.69, 9.17) is 11.6 Å². The molecule has 0 aliphatic rings. The van der Waals surface area contributed by atoms with Gasteiger partial charge in [0.05, 0.1) is 5.41 Å². The van der Waals surface area contributed by atoms with Crippen molar-refractivity contribution in [3.05, 3.63) is 74.1 Å². The first-order chi connectivity index (χ1) is 10.8. The zero-order chi connectivity index (χ0) is 17.0. The number of sulfonamides is 1. The third-order valence-corrected chi connectivity index (χ3v) is 4.79. The van der Waals surface area contributed by atoms with Gasteiger partial charge in [-0.3, -0.25) is 0 Å². The van der Waals surface area contributed by atoms with Crippen molar-refractivity contribution >= 4 is 49.5 Å². The summed E-state index contributed by atoms with van der Waals surface area (Å²) in [4.78, 5) is 0. The van der Waals surface area contributed by atoms with Crippen LogP contribution in [0.15, 0.2) is 56.7 Å². The zero-order valence-electron chi connectivity index (χ0n) is 13.0. The summed E-state index contributed by atoms with van der Waals surface area (Å²) in [6.45, 7) is 1.86. The Morgan fingerprint density at radius 1 is 1.25 bits per heavy atom. The zero-order valence-corrected chi connectivity index (χ0v) is 18.2. The van der Waals surface area contributed by atoms with Crippen molar-refractivity contribution in [3.63, 3.8) is 0 Å². The van der Waals surface area contributed by atoms with E-state index in [2.05, 4.69) is 20.3 Å². The molecule has 0 spiro atoms. The summed E-state index contributed by atoms with van der Waals surface area (Å²) in [6, 6.07) is 11.7. The van der Waals surface area contributed by atoms with Crippen LogP contribution in [0.4, 0.5) is 0 Å². The summed E-state index contributed by atoms with van der Waals surface area (Å²) in [5.74, 6) is -0.833. The maximum Gasteiger partial charge on any atom is 1.00 e. The van der Waals surface area contributed by atoms with Crippen molar-refractivity contribution in [1.82, 2.24) is 0 Å². The Bertz CT molecular complexity index is 898. The van der Waals surface area contributed by atoms with E-state index in [0.717, 1.165) is 11.0 Å². The Morgan fingerprint density at radius 3 is 2.54 bits per heavy atom. The van der Waals surface area contributed by atoms with Crippen molar-refractivity contribution in [1.29, 1.82) is 0 Å². The number of benzene rings is 2. The van der Waals surface area contributed by atoms with Crippen LogP contribution in [0.3, 0.4) is 0 Å². The molecule has 0 saturated heterocycles. The predicted molar refractivity (Wildman–Crippen MR) is 94.8 cm³/mol. The van der Waals surface area contributed by atoms with Crippen LogP contribution in [0.25, 0.3) is 6.08 Å². The maximum absolute atomic E-state index is 12.0. The molecule has 8 heteroatoms. The molecule has 0 heterocycles. The first-order valence-electron chi connectivity index (χ1n) is 6.49. The van der Waals surface area contributed by atoms with Crippen LogP contribution in [0.1, 0.15) is 16.7 Å². The second-order valence-electron chi connectivity index (χ2n) is 4.72. The molecule has 0 aromatic heterocycles. The van der Waals surface area contributed by atoms with Gasteiger partial charge in [0.1, 0.15) is 0 Å². The first kappa shape index (κ1) is 21.4. The summed E-state index contributed by atoms with van der Waals surface area (Å²) < 4.78 is 27.7. The summed E-state index contributed by atoms with van der Waals surface area (Å²) in [5, 5.41) is 13.3. The van der Waals surface area contributed by atoms with Crippen molar-refractivity contribution in [3.8, 4) is 0 Å². The number of hydrogen-bond acceptors (Lipinski definition) is 3. The van der Waals surface area contributed by atoms with Crippen LogP contribution < -0.4 is 34.7 Å². The van der Waals surface area contributed by atoms with Gasteiger partial charge in [0.15, 0.2) is 0 Å². The number of nitrogens with zero attached hydrogens (tertiary/aromatic N) is 1. The van der Waals surface area contributed by atoms with Gasteiger partial charge in [0.25, 0.3) is 10.0 Å². The molecule has 0 atom stereocenters. The molecule has 0 aliphatic carbocycles. The van der Waals surface area contributed by atoms with E-state index in [9.17, 15) is 13.5 Å². The van der Waals surface area contributed by atoms with Gasteiger partial charge in [-0.05, 0) is 36.3 Å². The molecule has 0 radical (unpaired) electrons. The molecule has 0 saturated carbocycles. The third-order valence-electron chi connectivity index (χ3n) is 2.89. The van der Waals surface area contributed by atoms with Crippen LogP contribution in [0, 0.1) is 6.92 Å². The van der Waals surface area contributed by atoms with Gasteiger partial charge in [0, 0.05) is 21.0 Å². The normalized spacial score (nSPS) is 12.2. The van der Waals surface area contributed by atoms with E-state index in [1.807, 2.05) is 6.92 Å². The molecule has 0 bridgehead atoms. The molecule has 0 fully saturated rings. The molecule has 24 heavy (non-hydrogen) atoms. The Balaban J connectivity index is 0.00000288. The van der Waals surface area contributed by atoms with E-state index >= 15 is 0 Å². The fraction of sp³-hybridized carbons (Fsp3) is 0.0625. The van der Waals surface area contributed by atoms with Crippen LogP contribution >= 0.6 is 27.5 Å². The minimum absolute atomic E-state index is 0. The molecular formula is C16H12BrClNNaO3S. The Morgan fingerprint density at radius 2 is 1.92 bits per heavy atom. The standard InChI is InChI=1S/C16H13BrClNO3S.Na/c1-11-6-7-13(14(17)10-11)16(20)19-23(21,22)9-8-12-4-2-3-5-15(12)18;/h2-10H,1H3,(H,19,20);/q;+1/p-1/b9-8+;. The maximum atomic E-state index is 12.0. The molecular weight excluding hydrogens is 425 g/mol. The number of rotatable bonds is 4. The van der Waals surface area contributed by atoms with E-state index in [0.29, 0.717) is 15.1 Å². The summed E-state index contributed by atoms with van der Waals surface area (Å²) >= 11 is 9.17. The summed E-state index contributed by atoms with van der Waals surface area (Å²) in [6.07, 6.45) is 1.30. The fourth-order valence-electron chi connectivity index (χ4n) is 1.76. The van der Waals surface area contributed by atoms with E-state index in [1.54, 1.807) is 36.4 Å². The van der Waals surface area contributed by atoms with Gasteiger partial charge >= 0.3 is 29.6 Å². The molecule has 0 unspecified atom stereocenters. The minimum atomic E-state index is -4.06. The second kappa shape index (κ2) is 9.17. The van der Waals surface area contributed by atoms with Gasteiger partial charge in [0.2, 0.25) is 0 Å². The van der Waals surface area contributed by atoms with Gasteiger partial charge in [-0.15, -0.1) is 0 Å². The molecule has 2 aromatic carbocycles. The second-order valence-corrected chi connectivity index (χ2v) is 7.47.